The van der Waals surface area contributed by atoms with Gasteiger partial charge in [0.1, 0.15) is 36.7 Å². The van der Waals surface area contributed by atoms with E-state index in [1.54, 1.807) is 31.4 Å². The van der Waals surface area contributed by atoms with Crippen molar-refractivity contribution in [1.29, 1.82) is 0 Å². The standard InChI is InChI=1S/C51H74N2O10/c1-4-6-7-8-9-10-11-12-13-23-48(58)53(26-31-60-32-29-56)47-36-45(52-59-3)43-34-39(20-14-16-27-54)42(22-15-17-28-55)49-44-35-41(62-40-21-18-19-38(33-40)37-57)24-25-46(44)63-51(47,50(43)49)61-30-5-2/h5,18-19,21,24-25,33-35,37,39,42,47,49-50,54-56H,2,4,6-17,20,22-23,26-32,36H2,1,3H3. The number of rotatable bonds is 31. The van der Waals surface area contributed by atoms with Crippen LogP contribution in [0.4, 0.5) is 0 Å². The average Bonchev–Trinajstić information content (AvgIpc) is 3.29. The van der Waals surface area contributed by atoms with Gasteiger partial charge in [0.15, 0.2) is 0 Å². The zero-order valence-electron chi connectivity index (χ0n) is 37.9. The molecule has 0 aromatic heterocycles. The van der Waals surface area contributed by atoms with E-state index in [-0.39, 0.29) is 69.8 Å². The number of fused-ring (bicyclic) bond motifs is 2. The Morgan fingerprint density at radius 1 is 0.905 bits per heavy atom. The van der Waals surface area contributed by atoms with Crippen LogP contribution in [0.3, 0.4) is 0 Å². The number of amides is 1. The monoisotopic (exact) mass is 875 g/mol. The lowest BCUT2D eigenvalue weighted by Gasteiger charge is -2.60. The van der Waals surface area contributed by atoms with Gasteiger partial charge in [-0.3, -0.25) is 9.59 Å². The van der Waals surface area contributed by atoms with Crippen molar-refractivity contribution >= 4 is 17.9 Å². The second-order valence-electron chi connectivity index (χ2n) is 17.2. The second kappa shape index (κ2) is 26.7. The van der Waals surface area contributed by atoms with Gasteiger partial charge in [-0.05, 0) is 79.8 Å². The summed E-state index contributed by atoms with van der Waals surface area (Å²) in [6, 6.07) is 12.2. The van der Waals surface area contributed by atoms with Gasteiger partial charge < -0.3 is 44.0 Å². The average molecular weight is 875 g/mol. The normalized spacial score (nSPS) is 23.0. The number of aldehydes is 1. The van der Waals surface area contributed by atoms with E-state index in [0.717, 1.165) is 68.1 Å². The van der Waals surface area contributed by atoms with Crippen molar-refractivity contribution in [2.75, 3.05) is 53.3 Å². The summed E-state index contributed by atoms with van der Waals surface area (Å²) in [6.45, 7) is 7.10. The molecule has 1 fully saturated rings. The molecule has 6 atom stereocenters. The third-order valence-corrected chi connectivity index (χ3v) is 13.0. The molecule has 3 N–H and O–H groups in total. The third-order valence-electron chi connectivity index (χ3n) is 13.0. The number of nitrogens with zero attached hydrogens (tertiary/aromatic N) is 2. The lowest BCUT2D eigenvalue weighted by molar-refractivity contribution is -0.258. The first-order valence-corrected chi connectivity index (χ1v) is 23.7. The number of allylic oxidation sites excluding steroid dienone is 1. The number of carbonyl (C=O) groups is 2. The van der Waals surface area contributed by atoms with Crippen molar-refractivity contribution in [3.63, 3.8) is 0 Å². The van der Waals surface area contributed by atoms with Crippen molar-refractivity contribution in [3.05, 3.63) is 77.9 Å². The molecule has 1 aliphatic heterocycles. The number of ether oxygens (including phenoxy) is 4. The molecule has 3 aliphatic rings. The van der Waals surface area contributed by atoms with E-state index in [1.807, 2.05) is 29.2 Å². The van der Waals surface area contributed by atoms with Gasteiger partial charge in [0.25, 0.3) is 0 Å². The predicted molar refractivity (Wildman–Crippen MR) is 245 cm³/mol. The summed E-state index contributed by atoms with van der Waals surface area (Å²) in [5.41, 5.74) is 3.11. The molecular formula is C51H74N2O10. The molecule has 12 heteroatoms. The summed E-state index contributed by atoms with van der Waals surface area (Å²) in [5, 5.41) is 34.1. The van der Waals surface area contributed by atoms with Crippen LogP contribution in [0.1, 0.15) is 138 Å². The lowest BCUT2D eigenvalue weighted by Crippen LogP contribution is -2.70. The number of carbonyl (C=O) groups excluding carboxylic acids is 2. The molecule has 2 aromatic carbocycles. The van der Waals surface area contributed by atoms with Gasteiger partial charge in [-0.2, -0.15) is 0 Å². The van der Waals surface area contributed by atoms with Crippen LogP contribution in [0.5, 0.6) is 17.2 Å². The van der Waals surface area contributed by atoms with Crippen molar-refractivity contribution in [2.45, 2.75) is 134 Å². The highest BCUT2D eigenvalue weighted by molar-refractivity contribution is 6.03. The minimum absolute atomic E-state index is 0.0225. The summed E-state index contributed by atoms with van der Waals surface area (Å²) in [5.74, 6) is -0.218. The molecule has 2 aromatic rings. The zero-order chi connectivity index (χ0) is 44.9. The molecular weight excluding hydrogens is 801 g/mol. The molecule has 1 amide bonds. The highest BCUT2D eigenvalue weighted by Crippen LogP contribution is 2.62. The number of aliphatic hydroxyl groups excluding tert-OH is 3. The number of benzene rings is 2. The number of aliphatic hydroxyl groups is 3. The number of hydrogen-bond acceptors (Lipinski definition) is 11. The first-order valence-electron chi connectivity index (χ1n) is 23.7. The molecule has 0 bridgehead atoms. The number of oxime groups is 1. The Morgan fingerprint density at radius 2 is 1.63 bits per heavy atom. The van der Waals surface area contributed by atoms with Crippen molar-refractivity contribution in [2.24, 2.45) is 22.9 Å². The topological polar surface area (TPSA) is 157 Å². The van der Waals surface area contributed by atoms with Crippen LogP contribution in [0.25, 0.3) is 0 Å². The van der Waals surface area contributed by atoms with E-state index in [4.69, 9.17) is 28.9 Å². The van der Waals surface area contributed by atoms with Crippen LogP contribution in [0, 0.1) is 17.8 Å². The van der Waals surface area contributed by atoms with Gasteiger partial charge in [-0.15, -0.1) is 6.58 Å². The number of hydrogen-bond donors (Lipinski definition) is 3. The first kappa shape index (κ1) is 49.9. The van der Waals surface area contributed by atoms with E-state index in [0.29, 0.717) is 48.5 Å². The maximum Gasteiger partial charge on any atom is 0.239 e. The van der Waals surface area contributed by atoms with Crippen LogP contribution < -0.4 is 9.47 Å². The fourth-order valence-corrected chi connectivity index (χ4v) is 10.1. The number of unbranched alkanes of at least 4 members (excludes halogenated alkanes) is 10. The molecule has 0 saturated heterocycles. The molecule has 12 nitrogen and oxygen atoms in total. The maximum absolute atomic E-state index is 14.8. The minimum atomic E-state index is -1.39. The van der Waals surface area contributed by atoms with E-state index < -0.39 is 17.7 Å². The van der Waals surface area contributed by atoms with E-state index in [9.17, 15) is 24.9 Å². The first-order chi connectivity index (χ1) is 30.9. The van der Waals surface area contributed by atoms with Gasteiger partial charge in [0.2, 0.25) is 11.7 Å². The largest absolute Gasteiger partial charge is 0.459 e. The Labute approximate surface area is 375 Å². The Hall–Kier alpha value is -4.07. The second-order valence-corrected chi connectivity index (χ2v) is 17.2. The Kier molecular flexibility index (Phi) is 21.1. The van der Waals surface area contributed by atoms with Crippen LogP contribution in [-0.2, 0) is 19.1 Å². The van der Waals surface area contributed by atoms with E-state index >= 15 is 0 Å². The van der Waals surface area contributed by atoms with Crippen LogP contribution in [-0.4, -0.2) is 103 Å². The molecule has 1 heterocycles. The molecule has 2 aliphatic carbocycles. The predicted octanol–water partition coefficient (Wildman–Crippen LogP) is 9.31. The summed E-state index contributed by atoms with van der Waals surface area (Å²) in [6.07, 6.45) is 20.3. The molecule has 348 valence electrons. The van der Waals surface area contributed by atoms with Crippen molar-refractivity contribution in [1.82, 2.24) is 4.90 Å². The highest BCUT2D eigenvalue weighted by Gasteiger charge is 2.65. The molecule has 5 rings (SSSR count). The highest BCUT2D eigenvalue weighted by atomic mass is 16.7. The quantitative estimate of drug-likeness (QED) is 0.0289. The van der Waals surface area contributed by atoms with Gasteiger partial charge in [0.05, 0.1) is 38.1 Å². The van der Waals surface area contributed by atoms with Crippen molar-refractivity contribution in [3.8, 4) is 17.2 Å². The molecule has 0 spiro atoms. The fraction of sp³-hybridized carbons (Fsp3) is 0.627. The third kappa shape index (κ3) is 13.3. The summed E-state index contributed by atoms with van der Waals surface area (Å²) in [7, 11) is 1.54. The van der Waals surface area contributed by atoms with Crippen LogP contribution in [0.15, 0.2) is 71.9 Å². The molecule has 6 unspecified atom stereocenters. The minimum Gasteiger partial charge on any atom is -0.459 e. The summed E-state index contributed by atoms with van der Waals surface area (Å²) >= 11 is 0. The lowest BCUT2D eigenvalue weighted by atomic mass is 9.55. The van der Waals surface area contributed by atoms with Gasteiger partial charge in [-0.25, -0.2) is 0 Å². The molecule has 63 heavy (non-hydrogen) atoms. The Balaban J connectivity index is 1.63. The summed E-state index contributed by atoms with van der Waals surface area (Å²) in [4.78, 5) is 33.9. The van der Waals surface area contributed by atoms with Crippen LogP contribution in [0.2, 0.25) is 0 Å². The maximum atomic E-state index is 14.8. The van der Waals surface area contributed by atoms with Crippen LogP contribution >= 0.6 is 0 Å². The van der Waals surface area contributed by atoms with Gasteiger partial charge in [-0.1, -0.05) is 101 Å². The van der Waals surface area contributed by atoms with Gasteiger partial charge >= 0.3 is 0 Å². The zero-order valence-corrected chi connectivity index (χ0v) is 37.9. The smallest absolute Gasteiger partial charge is 0.239 e. The van der Waals surface area contributed by atoms with Crippen molar-refractivity contribution < 1.29 is 48.7 Å². The molecule has 1 saturated carbocycles. The Bertz CT molecular complexity index is 1780. The van der Waals surface area contributed by atoms with E-state index in [2.05, 4.69) is 19.6 Å². The van der Waals surface area contributed by atoms with Gasteiger partial charge in [0, 0.05) is 49.6 Å². The molecule has 0 radical (unpaired) electrons. The SMILES string of the molecule is C=CCOC12Oc3ccc(Oc4cccc(C=O)c4)cc3C3C(CCCCO)C(CCCCO)C=C(C(=NOC)CC1N(CCOCCO)C(=O)CCCCCCCCCCC)C32. The fourth-order valence-electron chi connectivity index (χ4n) is 10.1. The summed E-state index contributed by atoms with van der Waals surface area (Å²) < 4.78 is 26.7. The Morgan fingerprint density at radius 3 is 2.33 bits per heavy atom. The van der Waals surface area contributed by atoms with E-state index in [1.165, 1.54) is 38.5 Å².